The van der Waals surface area contributed by atoms with E-state index in [2.05, 4.69) is 10.6 Å². The molecule has 1 aromatic carbocycles. The zero-order chi connectivity index (χ0) is 17.4. The number of nitrogens with zero attached hydrogens (tertiary/aromatic N) is 2. The van der Waals surface area contributed by atoms with Crippen molar-refractivity contribution in [2.45, 2.75) is 19.1 Å². The van der Waals surface area contributed by atoms with E-state index in [9.17, 15) is 18.0 Å². The zero-order valence-corrected chi connectivity index (χ0v) is 12.9. The second-order valence-corrected chi connectivity index (χ2v) is 6.42. The van der Waals surface area contributed by atoms with Crippen molar-refractivity contribution in [3.63, 3.8) is 0 Å². The van der Waals surface area contributed by atoms with Gasteiger partial charge in [0.25, 0.3) is 0 Å². The molecule has 1 spiro atoms. The summed E-state index contributed by atoms with van der Waals surface area (Å²) in [6, 6.07) is 4.72. The number of amides is 2. The number of likely N-dealkylation sites (tertiary alicyclic amines) is 1. The Morgan fingerprint density at radius 2 is 2.17 bits per heavy atom. The molecule has 2 amide bonds. The lowest BCUT2D eigenvalue weighted by Crippen LogP contribution is -2.55. The average molecular weight is 338 g/mol. The Balaban J connectivity index is 1.66. The van der Waals surface area contributed by atoms with Crippen LogP contribution in [0.15, 0.2) is 18.2 Å². The van der Waals surface area contributed by atoms with Crippen molar-refractivity contribution < 1.29 is 18.0 Å². The topological polar surface area (TPSA) is 68.2 Å². The predicted octanol–water partition coefficient (Wildman–Crippen LogP) is 2.08. The van der Waals surface area contributed by atoms with Crippen LogP contribution in [-0.4, -0.2) is 37.1 Å². The molecule has 0 atom stereocenters. The third-order valence-electron chi connectivity index (χ3n) is 4.70. The van der Waals surface area contributed by atoms with Crippen LogP contribution in [0.25, 0.3) is 0 Å². The molecule has 0 aromatic heterocycles. The number of urea groups is 1. The van der Waals surface area contributed by atoms with Crippen LogP contribution in [0.5, 0.6) is 0 Å². The van der Waals surface area contributed by atoms with Gasteiger partial charge in [0.05, 0.1) is 17.2 Å². The van der Waals surface area contributed by atoms with Crippen LogP contribution in [0.3, 0.4) is 0 Å². The molecular formula is C16H17F3N4O. The molecule has 5 nitrogen and oxygen atoms in total. The van der Waals surface area contributed by atoms with E-state index in [0.29, 0.717) is 13.1 Å². The largest absolute Gasteiger partial charge is 0.416 e. The molecule has 2 N–H and O–H groups in total. The smallest absolute Gasteiger partial charge is 0.334 e. The molecule has 1 aromatic rings. The first-order chi connectivity index (χ1) is 11.3. The van der Waals surface area contributed by atoms with Crippen LogP contribution in [-0.2, 0) is 12.7 Å². The van der Waals surface area contributed by atoms with Crippen LogP contribution >= 0.6 is 0 Å². The molecule has 2 saturated heterocycles. The molecule has 2 aliphatic rings. The highest BCUT2D eigenvalue weighted by Crippen LogP contribution is 2.34. The van der Waals surface area contributed by atoms with Gasteiger partial charge in [-0.1, -0.05) is 6.07 Å². The molecule has 0 aliphatic carbocycles. The fourth-order valence-electron chi connectivity index (χ4n) is 3.22. The van der Waals surface area contributed by atoms with E-state index in [1.165, 1.54) is 12.1 Å². The summed E-state index contributed by atoms with van der Waals surface area (Å²) < 4.78 is 39.3. The molecule has 2 heterocycles. The first-order valence-corrected chi connectivity index (χ1v) is 7.67. The van der Waals surface area contributed by atoms with Gasteiger partial charge >= 0.3 is 12.2 Å². The summed E-state index contributed by atoms with van der Waals surface area (Å²) in [5, 5.41) is 14.5. The third kappa shape index (κ3) is 3.17. The standard InChI is InChI=1S/C16H17F3N4O/c17-16(18,19)13-5-11(6-20)1-2-12(13)7-22-14(24)23-4-3-15(10-23)8-21-9-15/h1-2,5,21H,3-4,7-10H2,(H,22,24). The highest BCUT2D eigenvalue weighted by Gasteiger charge is 2.44. The Kier molecular flexibility index (Phi) is 4.13. The number of nitrogens with one attached hydrogen (secondary N) is 2. The first-order valence-electron chi connectivity index (χ1n) is 7.67. The molecule has 128 valence electrons. The fraction of sp³-hybridized carbons (Fsp3) is 0.500. The average Bonchev–Trinajstić information content (AvgIpc) is 2.97. The van der Waals surface area contributed by atoms with Crippen molar-refractivity contribution in [2.24, 2.45) is 5.41 Å². The molecular weight excluding hydrogens is 321 g/mol. The normalized spacial score (nSPS) is 19.0. The summed E-state index contributed by atoms with van der Waals surface area (Å²) in [5.74, 6) is 0. The maximum absolute atomic E-state index is 13.1. The van der Waals surface area contributed by atoms with Crippen LogP contribution in [0.2, 0.25) is 0 Å². The lowest BCUT2D eigenvalue weighted by molar-refractivity contribution is -0.138. The molecule has 3 rings (SSSR count). The van der Waals surface area contributed by atoms with E-state index in [0.717, 1.165) is 25.6 Å². The second kappa shape index (κ2) is 5.98. The number of hydrogen-bond donors (Lipinski definition) is 2. The van der Waals surface area contributed by atoms with Crippen LogP contribution in [0.1, 0.15) is 23.1 Å². The minimum Gasteiger partial charge on any atom is -0.334 e. The van der Waals surface area contributed by atoms with Crippen molar-refractivity contribution in [3.05, 3.63) is 34.9 Å². The minimum absolute atomic E-state index is 0.0472. The number of alkyl halides is 3. The van der Waals surface area contributed by atoms with E-state index in [1.807, 2.05) is 0 Å². The molecule has 0 bridgehead atoms. The van der Waals surface area contributed by atoms with Gasteiger partial charge in [-0.2, -0.15) is 18.4 Å². The number of halogens is 3. The van der Waals surface area contributed by atoms with E-state index < -0.39 is 11.7 Å². The molecule has 8 heteroatoms. The molecule has 0 radical (unpaired) electrons. The number of rotatable bonds is 2. The van der Waals surface area contributed by atoms with Gasteiger partial charge in [0.1, 0.15) is 0 Å². The highest BCUT2D eigenvalue weighted by molar-refractivity contribution is 5.74. The van der Waals surface area contributed by atoms with Gasteiger partial charge in [-0.15, -0.1) is 0 Å². The Bertz CT molecular complexity index is 692. The van der Waals surface area contributed by atoms with Gasteiger partial charge in [-0.3, -0.25) is 0 Å². The summed E-state index contributed by atoms with van der Waals surface area (Å²) >= 11 is 0. The SMILES string of the molecule is N#Cc1ccc(CNC(=O)N2CCC3(CNC3)C2)c(C(F)(F)F)c1. The molecule has 0 unspecified atom stereocenters. The number of hydrogen-bond acceptors (Lipinski definition) is 3. The summed E-state index contributed by atoms with van der Waals surface area (Å²) in [7, 11) is 0. The van der Waals surface area contributed by atoms with Gasteiger partial charge in [0.15, 0.2) is 0 Å². The van der Waals surface area contributed by atoms with Crippen molar-refractivity contribution in [3.8, 4) is 6.07 Å². The third-order valence-corrected chi connectivity index (χ3v) is 4.70. The number of nitriles is 1. The Labute approximate surface area is 137 Å². The zero-order valence-electron chi connectivity index (χ0n) is 12.9. The molecule has 24 heavy (non-hydrogen) atoms. The van der Waals surface area contributed by atoms with E-state index in [4.69, 9.17) is 5.26 Å². The number of carbonyl (C=O) groups is 1. The lowest BCUT2D eigenvalue weighted by atomic mass is 9.81. The van der Waals surface area contributed by atoms with E-state index in [1.54, 1.807) is 11.0 Å². The van der Waals surface area contributed by atoms with Crippen molar-refractivity contribution in [1.82, 2.24) is 15.5 Å². The maximum atomic E-state index is 13.1. The molecule has 2 fully saturated rings. The minimum atomic E-state index is -4.57. The van der Waals surface area contributed by atoms with Gasteiger partial charge in [-0.05, 0) is 24.1 Å². The lowest BCUT2D eigenvalue weighted by Gasteiger charge is -2.38. The highest BCUT2D eigenvalue weighted by atomic mass is 19.4. The Morgan fingerprint density at radius 3 is 2.71 bits per heavy atom. The summed E-state index contributed by atoms with van der Waals surface area (Å²) in [6.07, 6.45) is -3.65. The Morgan fingerprint density at radius 1 is 1.42 bits per heavy atom. The number of carbonyl (C=O) groups excluding carboxylic acids is 1. The molecule has 2 aliphatic heterocycles. The van der Waals surface area contributed by atoms with Gasteiger partial charge in [0.2, 0.25) is 0 Å². The Hall–Kier alpha value is -2.27. The van der Waals surface area contributed by atoms with Crippen LogP contribution < -0.4 is 10.6 Å². The fourth-order valence-corrected chi connectivity index (χ4v) is 3.22. The van der Waals surface area contributed by atoms with E-state index >= 15 is 0 Å². The maximum Gasteiger partial charge on any atom is 0.416 e. The monoisotopic (exact) mass is 338 g/mol. The predicted molar refractivity (Wildman–Crippen MR) is 79.9 cm³/mol. The van der Waals surface area contributed by atoms with Crippen LogP contribution in [0, 0.1) is 16.7 Å². The quantitative estimate of drug-likeness (QED) is 0.868. The van der Waals surface area contributed by atoms with Crippen molar-refractivity contribution in [2.75, 3.05) is 26.2 Å². The van der Waals surface area contributed by atoms with Gasteiger partial charge in [-0.25, -0.2) is 4.79 Å². The molecule has 0 saturated carbocycles. The van der Waals surface area contributed by atoms with Crippen molar-refractivity contribution in [1.29, 1.82) is 5.26 Å². The number of benzene rings is 1. The van der Waals surface area contributed by atoms with E-state index in [-0.39, 0.29) is 29.1 Å². The summed E-state index contributed by atoms with van der Waals surface area (Å²) in [4.78, 5) is 13.8. The summed E-state index contributed by atoms with van der Waals surface area (Å²) in [6.45, 7) is 2.79. The summed E-state index contributed by atoms with van der Waals surface area (Å²) in [5.41, 5.74) is -0.850. The second-order valence-electron chi connectivity index (χ2n) is 6.42. The van der Waals surface area contributed by atoms with Gasteiger partial charge < -0.3 is 15.5 Å². The van der Waals surface area contributed by atoms with Crippen molar-refractivity contribution >= 4 is 6.03 Å². The first kappa shape index (κ1) is 16.6. The van der Waals surface area contributed by atoms with Gasteiger partial charge in [0, 0.05) is 38.1 Å². The van der Waals surface area contributed by atoms with Crippen LogP contribution in [0.4, 0.5) is 18.0 Å².